The number of rotatable bonds is 15. The van der Waals surface area contributed by atoms with Crippen LogP contribution in [0.25, 0.3) is 11.0 Å². The number of aryl methyl sites for hydroxylation is 3. The van der Waals surface area contributed by atoms with Crippen LogP contribution in [0.2, 0.25) is 0 Å². The largest absolute Gasteiger partial charge is 0.494 e. The average molecular weight is 740 g/mol. The molecule has 1 saturated heterocycles. The molecule has 1 aliphatic heterocycles. The third kappa shape index (κ3) is 8.67. The summed E-state index contributed by atoms with van der Waals surface area (Å²) >= 11 is 0. The molecule has 5 rings (SSSR count). The van der Waals surface area contributed by atoms with Crippen LogP contribution in [0.5, 0.6) is 5.75 Å². The molecular formula is C33H41N9O9S. The number of primary amides is 1. The fraction of sp³-hybridized carbons (Fsp3) is 0.394. The van der Waals surface area contributed by atoms with Gasteiger partial charge in [-0.1, -0.05) is 6.07 Å². The smallest absolute Gasteiger partial charge is 0.407 e. The first kappa shape index (κ1) is 37.7. The number of ether oxygens (including phenoxy) is 3. The predicted molar refractivity (Wildman–Crippen MR) is 188 cm³/mol. The minimum absolute atomic E-state index is 0.00347. The van der Waals surface area contributed by atoms with Crippen molar-refractivity contribution in [2.45, 2.75) is 38.3 Å². The zero-order valence-corrected chi connectivity index (χ0v) is 29.8. The van der Waals surface area contributed by atoms with Crippen molar-refractivity contribution in [3.8, 4) is 5.75 Å². The van der Waals surface area contributed by atoms with Crippen LogP contribution in [0.1, 0.15) is 50.2 Å². The lowest BCUT2D eigenvalue weighted by Gasteiger charge is -2.26. The van der Waals surface area contributed by atoms with E-state index in [-0.39, 0.29) is 61.3 Å². The number of amides is 4. The Bertz CT molecular complexity index is 2070. The maximum atomic E-state index is 13.3. The second-order valence-electron chi connectivity index (χ2n) is 11.7. The number of hydrogen-bond donors (Lipinski definition) is 4. The molecule has 1 fully saturated rings. The molecule has 0 aliphatic carbocycles. The van der Waals surface area contributed by atoms with Gasteiger partial charge in [0.25, 0.3) is 11.8 Å². The molecule has 5 N–H and O–H groups in total. The number of methoxy groups -OCH3 is 1. The number of benzene rings is 2. The molecule has 19 heteroatoms. The minimum atomic E-state index is -3.77. The lowest BCUT2D eigenvalue weighted by atomic mass is 10.1. The number of carbonyl (C=O) groups excluding carboxylic acids is 4. The maximum Gasteiger partial charge on any atom is 0.407 e. The zero-order chi connectivity index (χ0) is 37.4. The van der Waals surface area contributed by atoms with Crippen molar-refractivity contribution in [1.82, 2.24) is 34.3 Å². The zero-order valence-electron chi connectivity index (χ0n) is 29.0. The van der Waals surface area contributed by atoms with Gasteiger partial charge in [0, 0.05) is 43.9 Å². The second-order valence-corrected chi connectivity index (χ2v) is 13.6. The van der Waals surface area contributed by atoms with Crippen molar-refractivity contribution < 1.29 is 41.8 Å². The van der Waals surface area contributed by atoms with Crippen LogP contribution in [-0.2, 0) is 32.6 Å². The van der Waals surface area contributed by atoms with E-state index in [0.717, 1.165) is 0 Å². The number of fused-ring (bicyclic) bond motifs is 1. The summed E-state index contributed by atoms with van der Waals surface area (Å²) in [5.74, 6) is -1.13. The summed E-state index contributed by atoms with van der Waals surface area (Å²) in [7, 11) is -2.34. The monoisotopic (exact) mass is 739 g/mol. The van der Waals surface area contributed by atoms with Gasteiger partial charge in [-0.05, 0) is 56.7 Å². The Labute approximate surface area is 299 Å². The number of imidazole rings is 1. The number of carbonyl (C=O) groups is 4. The number of aromatic nitrogens is 4. The topological polar surface area (TPSA) is 231 Å². The molecule has 18 nitrogen and oxygen atoms in total. The summed E-state index contributed by atoms with van der Waals surface area (Å²) < 4.78 is 46.5. The normalized spacial score (nSPS) is 13.4. The van der Waals surface area contributed by atoms with E-state index >= 15 is 0 Å². The molecule has 1 aliphatic rings. The van der Waals surface area contributed by atoms with E-state index < -0.39 is 33.8 Å². The lowest BCUT2D eigenvalue weighted by molar-refractivity contribution is 0.0730. The summed E-state index contributed by atoms with van der Waals surface area (Å²) in [5.41, 5.74) is 7.73. The van der Waals surface area contributed by atoms with Crippen molar-refractivity contribution in [3.63, 3.8) is 0 Å². The van der Waals surface area contributed by atoms with Gasteiger partial charge in [-0.25, -0.2) is 18.2 Å². The second kappa shape index (κ2) is 16.7. The fourth-order valence-corrected chi connectivity index (χ4v) is 7.05. The molecule has 0 unspecified atom stereocenters. The van der Waals surface area contributed by atoms with Gasteiger partial charge in [0.1, 0.15) is 23.6 Å². The molecular weight excluding hydrogens is 698 g/mol. The Morgan fingerprint density at radius 2 is 1.77 bits per heavy atom. The number of hydrogen-bond acceptors (Lipinski definition) is 11. The van der Waals surface area contributed by atoms with E-state index in [1.807, 2.05) is 6.92 Å². The van der Waals surface area contributed by atoms with E-state index in [2.05, 4.69) is 26.0 Å². The van der Waals surface area contributed by atoms with Crippen molar-refractivity contribution in [3.05, 3.63) is 65.0 Å². The molecule has 4 aromatic rings. The molecule has 0 bridgehead atoms. The maximum absolute atomic E-state index is 13.3. The van der Waals surface area contributed by atoms with Crippen molar-refractivity contribution in [2.24, 2.45) is 5.73 Å². The van der Waals surface area contributed by atoms with Crippen LogP contribution in [0.4, 0.5) is 10.7 Å². The van der Waals surface area contributed by atoms with E-state index in [1.165, 1.54) is 47.8 Å². The van der Waals surface area contributed by atoms with Gasteiger partial charge in [-0.2, -0.15) is 9.40 Å². The van der Waals surface area contributed by atoms with Crippen LogP contribution in [0.3, 0.4) is 0 Å². The highest BCUT2D eigenvalue weighted by Crippen LogP contribution is 2.31. The predicted octanol–water partition coefficient (Wildman–Crippen LogP) is 1.49. The lowest BCUT2D eigenvalue weighted by Crippen LogP contribution is -2.40. The first-order valence-electron chi connectivity index (χ1n) is 16.5. The Kier molecular flexibility index (Phi) is 12.1. The minimum Gasteiger partial charge on any atom is -0.494 e. The van der Waals surface area contributed by atoms with Crippen molar-refractivity contribution in [2.75, 3.05) is 58.4 Å². The van der Waals surface area contributed by atoms with Crippen LogP contribution in [-0.4, -0.2) is 109 Å². The van der Waals surface area contributed by atoms with Gasteiger partial charge in [0.2, 0.25) is 21.9 Å². The van der Waals surface area contributed by atoms with E-state index in [4.69, 9.17) is 19.9 Å². The molecule has 0 radical (unpaired) electrons. The summed E-state index contributed by atoms with van der Waals surface area (Å²) in [5, 5.41) is 12.4. The third-order valence-electron chi connectivity index (χ3n) is 8.12. The highest BCUT2D eigenvalue weighted by molar-refractivity contribution is 7.89. The molecule has 3 heterocycles. The SMILES string of the molecule is CCn1nc(C)cc1C(=O)Nc1nc2cc(C(N)=O)cc(OC)c2n1CCCNC(=O)OCCNC(=O)c1cccc(S(=O)(=O)N2CCOCC2)c1. The molecule has 0 spiro atoms. The van der Waals surface area contributed by atoms with E-state index in [1.54, 1.807) is 22.2 Å². The van der Waals surface area contributed by atoms with Crippen LogP contribution < -0.4 is 26.4 Å². The van der Waals surface area contributed by atoms with Gasteiger partial charge in [0.05, 0.1) is 43.0 Å². The van der Waals surface area contributed by atoms with Crippen molar-refractivity contribution >= 4 is 50.8 Å². The van der Waals surface area contributed by atoms with Crippen LogP contribution >= 0.6 is 0 Å². The highest BCUT2D eigenvalue weighted by atomic mass is 32.2. The molecule has 2 aromatic carbocycles. The number of alkyl carbamates (subject to hydrolysis) is 1. The third-order valence-corrected chi connectivity index (χ3v) is 10.0. The Balaban J connectivity index is 1.15. The Hall–Kier alpha value is -5.53. The summed E-state index contributed by atoms with van der Waals surface area (Å²) in [6.07, 6.45) is -0.347. The molecule has 52 heavy (non-hydrogen) atoms. The molecule has 0 atom stereocenters. The number of nitrogens with two attached hydrogens (primary N) is 1. The number of sulfonamides is 1. The standard InChI is InChI=1S/C33H41N9O9S/c1-4-42-26(17-21(2)39-42)31(45)38-32-37-25-19-23(29(34)43)20-27(49-3)28(25)41(32)11-6-9-36-33(46)51-14-10-35-30(44)22-7-5-8-24(18-22)52(47,48)40-12-15-50-16-13-40/h5,7-8,17-20H,4,6,9-16H2,1-3H3,(H2,34,43)(H,35,44)(H,36,46)(H,37,38,45). The van der Waals surface area contributed by atoms with Gasteiger partial charge < -0.3 is 35.1 Å². The van der Waals surface area contributed by atoms with E-state index in [9.17, 15) is 27.6 Å². The Morgan fingerprint density at radius 3 is 2.48 bits per heavy atom. The van der Waals surface area contributed by atoms with E-state index in [0.29, 0.717) is 54.4 Å². The van der Waals surface area contributed by atoms with Gasteiger partial charge in [-0.3, -0.25) is 24.4 Å². The fourth-order valence-electron chi connectivity index (χ4n) is 5.60. The number of nitrogens with zero attached hydrogens (tertiary/aromatic N) is 5. The number of nitrogens with one attached hydrogen (secondary N) is 3. The molecule has 0 saturated carbocycles. The van der Waals surface area contributed by atoms with Crippen LogP contribution in [0.15, 0.2) is 47.4 Å². The summed E-state index contributed by atoms with van der Waals surface area (Å²) in [6.45, 7) is 5.49. The first-order chi connectivity index (χ1) is 24.9. The summed E-state index contributed by atoms with van der Waals surface area (Å²) in [6, 6.07) is 10.4. The number of morpholine rings is 1. The van der Waals surface area contributed by atoms with Gasteiger partial charge in [-0.15, -0.1) is 0 Å². The van der Waals surface area contributed by atoms with Gasteiger partial charge >= 0.3 is 6.09 Å². The molecule has 4 amide bonds. The Morgan fingerprint density at radius 1 is 1.00 bits per heavy atom. The number of anilines is 1. The van der Waals surface area contributed by atoms with Crippen LogP contribution in [0, 0.1) is 6.92 Å². The first-order valence-corrected chi connectivity index (χ1v) is 18.0. The van der Waals surface area contributed by atoms with Gasteiger partial charge in [0.15, 0.2) is 0 Å². The quantitative estimate of drug-likeness (QED) is 0.128. The summed E-state index contributed by atoms with van der Waals surface area (Å²) in [4.78, 5) is 54.9. The molecule has 2 aromatic heterocycles. The van der Waals surface area contributed by atoms with Crippen molar-refractivity contribution in [1.29, 1.82) is 0 Å². The molecule has 278 valence electrons. The highest BCUT2D eigenvalue weighted by Gasteiger charge is 2.27. The average Bonchev–Trinajstić information content (AvgIpc) is 3.70.